The standard InChI is InChI=1S/C54H75NO7/c1-7-22-54(61)24-21-43-40-15-11-34-27-37(56)14-16-39(34)49(40)41(31-52(43,54)4)33-9-12-36(13-10-33)55(6)25-26-62-38-20-23-51(3)35(28-38)29-46(57)50-44-18-17-42(32(2)8-19-48(59)60)53(44,5)47(58)30-45(50)51/h9-10,12-13,27,32,35,38,40-47,50,57-58,61H,8,11,14-21,23-26,28-31H2,1-6H3,(H,59,60)/t32-,35-,38+,40+,41-,42-,43+,44+,45+,46-,47+,50+,51+,52+,53-,54+/m1/s1. The average Bonchev–Trinajstić information content (AvgIpc) is 3.73. The van der Waals surface area contributed by atoms with Gasteiger partial charge in [-0.15, -0.1) is 5.92 Å². The number of ether oxygens (including phenoxy) is 1. The van der Waals surface area contributed by atoms with E-state index >= 15 is 0 Å². The number of carboxylic acid groups (broad SMARTS) is 1. The normalized spacial score (nSPS) is 43.7. The fraction of sp³-hybridized carbons (Fsp3) is 0.741. The van der Waals surface area contributed by atoms with Crippen molar-refractivity contribution in [3.05, 3.63) is 52.6 Å². The van der Waals surface area contributed by atoms with Crippen molar-refractivity contribution in [3.8, 4) is 11.8 Å². The van der Waals surface area contributed by atoms with Gasteiger partial charge < -0.3 is 30.1 Å². The number of hydrogen-bond donors (Lipinski definition) is 4. The van der Waals surface area contributed by atoms with Crippen LogP contribution in [-0.2, 0) is 14.3 Å². The number of nitrogens with zero attached hydrogens (tertiary/aromatic N) is 1. The Balaban J connectivity index is 0.842. The predicted molar refractivity (Wildman–Crippen MR) is 242 cm³/mol. The fourth-order valence-electron chi connectivity index (χ4n) is 16.6. The van der Waals surface area contributed by atoms with Gasteiger partial charge in [0.1, 0.15) is 5.60 Å². The minimum Gasteiger partial charge on any atom is -0.481 e. The van der Waals surface area contributed by atoms with Gasteiger partial charge in [-0.05, 0) is 190 Å². The fourth-order valence-corrected chi connectivity index (χ4v) is 16.6. The lowest BCUT2D eigenvalue weighted by atomic mass is 9.43. The number of fused-ring (bicyclic) bond motifs is 9. The topological polar surface area (TPSA) is 128 Å². The maximum Gasteiger partial charge on any atom is 0.303 e. The molecule has 6 fully saturated rings. The van der Waals surface area contributed by atoms with Crippen molar-refractivity contribution in [2.75, 3.05) is 25.1 Å². The quantitative estimate of drug-likeness (QED) is 0.172. The van der Waals surface area contributed by atoms with Gasteiger partial charge in [0.2, 0.25) is 0 Å². The van der Waals surface area contributed by atoms with Crippen LogP contribution in [0.3, 0.4) is 0 Å². The Morgan fingerprint density at radius 1 is 0.952 bits per heavy atom. The third kappa shape index (κ3) is 7.08. The minimum absolute atomic E-state index is 0.0643. The van der Waals surface area contributed by atoms with Crippen LogP contribution >= 0.6 is 0 Å². The number of likely N-dealkylation sites (N-methyl/N-ethyl adjacent to an activating group) is 1. The Labute approximate surface area is 371 Å². The van der Waals surface area contributed by atoms with E-state index in [1.165, 1.54) is 22.3 Å². The zero-order chi connectivity index (χ0) is 43.9. The molecule has 16 atom stereocenters. The second kappa shape index (κ2) is 16.5. The summed E-state index contributed by atoms with van der Waals surface area (Å²) in [6, 6.07) is 9.10. The molecule has 338 valence electrons. The molecule has 0 heterocycles. The first kappa shape index (κ1) is 44.3. The highest BCUT2D eigenvalue weighted by Crippen LogP contribution is 2.69. The average molecular weight is 850 g/mol. The molecule has 1 aromatic carbocycles. The van der Waals surface area contributed by atoms with Crippen molar-refractivity contribution in [1.29, 1.82) is 0 Å². The van der Waals surface area contributed by atoms with Crippen LogP contribution in [0.2, 0.25) is 0 Å². The zero-order valence-electron chi connectivity index (χ0n) is 38.5. The first-order valence-electron chi connectivity index (χ1n) is 24.7. The van der Waals surface area contributed by atoms with Gasteiger partial charge in [-0.25, -0.2) is 0 Å². The molecule has 4 N–H and O–H groups in total. The van der Waals surface area contributed by atoms with Gasteiger partial charge in [-0.2, -0.15) is 0 Å². The lowest BCUT2D eigenvalue weighted by Crippen LogP contribution is -2.62. The number of carbonyl (C=O) groups excluding carboxylic acids is 1. The number of ketones is 1. The third-order valence-corrected chi connectivity index (χ3v) is 20.0. The van der Waals surface area contributed by atoms with Crippen molar-refractivity contribution in [2.24, 2.45) is 63.6 Å². The molecule has 8 heteroatoms. The maximum atomic E-state index is 12.5. The molecule has 0 amide bonds. The molecule has 8 aliphatic carbocycles. The van der Waals surface area contributed by atoms with Crippen LogP contribution in [0.15, 0.2) is 47.1 Å². The maximum absolute atomic E-state index is 12.5. The molecule has 0 saturated heterocycles. The molecule has 0 radical (unpaired) electrons. The SMILES string of the molecule is CC#C[C@]1(O)CC[C@H]2[C@@H]3CCC4=CC(=O)CCC4=C3[C@@H](c3ccc(N(C)CCO[C@H]4CC[C@@]5(C)[C@H](C4)C[C@@H](O)[C@@H]4[C@@H]5C[C@H](O)[C@]5(C)[C@@H]([C@H](C)CCC(=O)O)CC[C@@H]45)cc3)C[C@@]21C. The molecule has 1 aromatic rings. The molecule has 0 aromatic heterocycles. The molecule has 6 saturated carbocycles. The van der Waals surface area contributed by atoms with E-state index in [-0.39, 0.29) is 76.2 Å². The highest BCUT2D eigenvalue weighted by molar-refractivity contribution is 5.93. The zero-order valence-corrected chi connectivity index (χ0v) is 38.5. The van der Waals surface area contributed by atoms with Crippen molar-refractivity contribution >= 4 is 17.4 Å². The molecule has 0 unspecified atom stereocenters. The number of anilines is 1. The molecule has 8 nitrogen and oxygen atoms in total. The summed E-state index contributed by atoms with van der Waals surface area (Å²) in [5.74, 6) is 8.46. The molecule has 0 spiro atoms. The Morgan fingerprint density at radius 3 is 2.47 bits per heavy atom. The van der Waals surface area contributed by atoms with E-state index in [1.54, 1.807) is 0 Å². The van der Waals surface area contributed by atoms with Crippen LogP contribution in [-0.4, -0.2) is 76.3 Å². The van der Waals surface area contributed by atoms with Gasteiger partial charge in [0.15, 0.2) is 5.78 Å². The Bertz CT molecular complexity index is 2030. The summed E-state index contributed by atoms with van der Waals surface area (Å²) in [5, 5.41) is 45.4. The molecular formula is C54H75NO7. The van der Waals surface area contributed by atoms with Crippen LogP contribution in [0.1, 0.15) is 149 Å². The van der Waals surface area contributed by atoms with E-state index in [2.05, 4.69) is 75.7 Å². The molecular weight excluding hydrogens is 775 g/mol. The number of allylic oxidation sites excluding steroid dienone is 4. The van der Waals surface area contributed by atoms with Gasteiger partial charge in [0.25, 0.3) is 0 Å². The van der Waals surface area contributed by atoms with Gasteiger partial charge in [-0.1, -0.05) is 51.3 Å². The number of rotatable bonds is 10. The van der Waals surface area contributed by atoms with Crippen LogP contribution in [0, 0.1) is 75.4 Å². The highest BCUT2D eigenvalue weighted by atomic mass is 16.5. The van der Waals surface area contributed by atoms with Gasteiger partial charge >= 0.3 is 5.97 Å². The highest BCUT2D eigenvalue weighted by Gasteiger charge is 2.66. The van der Waals surface area contributed by atoms with Crippen LogP contribution in [0.25, 0.3) is 0 Å². The molecule has 0 aliphatic heterocycles. The number of carbonyl (C=O) groups is 2. The predicted octanol–water partition coefficient (Wildman–Crippen LogP) is 9.26. The van der Waals surface area contributed by atoms with E-state index in [4.69, 9.17) is 4.74 Å². The minimum atomic E-state index is -0.985. The van der Waals surface area contributed by atoms with Crippen LogP contribution < -0.4 is 4.90 Å². The Hall–Kier alpha value is -2.96. The van der Waals surface area contributed by atoms with Crippen molar-refractivity contribution in [2.45, 2.75) is 167 Å². The lowest BCUT2D eigenvalue weighted by Gasteiger charge is -2.63. The summed E-state index contributed by atoms with van der Waals surface area (Å²) in [6.07, 6.45) is 14.6. The summed E-state index contributed by atoms with van der Waals surface area (Å²) in [5.41, 5.74) is 5.16. The number of aliphatic hydroxyl groups is 3. The first-order valence-corrected chi connectivity index (χ1v) is 24.7. The number of aliphatic carboxylic acids is 1. The summed E-state index contributed by atoms with van der Waals surface area (Å²) < 4.78 is 6.67. The van der Waals surface area contributed by atoms with Crippen LogP contribution in [0.5, 0.6) is 0 Å². The lowest BCUT2D eigenvalue weighted by molar-refractivity contribution is -0.209. The largest absolute Gasteiger partial charge is 0.481 e. The van der Waals surface area contributed by atoms with Crippen molar-refractivity contribution < 1.29 is 34.8 Å². The summed E-state index contributed by atoms with van der Waals surface area (Å²) >= 11 is 0. The van der Waals surface area contributed by atoms with Crippen molar-refractivity contribution in [1.82, 2.24) is 0 Å². The first-order chi connectivity index (χ1) is 29.5. The smallest absolute Gasteiger partial charge is 0.303 e. The monoisotopic (exact) mass is 850 g/mol. The Kier molecular flexibility index (Phi) is 11.8. The van der Waals surface area contributed by atoms with E-state index in [9.17, 15) is 30.0 Å². The third-order valence-electron chi connectivity index (χ3n) is 20.0. The number of benzene rings is 1. The van der Waals surface area contributed by atoms with E-state index in [1.807, 2.05) is 13.0 Å². The molecule has 62 heavy (non-hydrogen) atoms. The van der Waals surface area contributed by atoms with E-state index in [0.717, 1.165) is 95.7 Å². The van der Waals surface area contributed by atoms with Crippen molar-refractivity contribution in [3.63, 3.8) is 0 Å². The number of hydrogen-bond acceptors (Lipinski definition) is 7. The number of aliphatic hydroxyl groups excluding tert-OH is 2. The Morgan fingerprint density at radius 2 is 1.73 bits per heavy atom. The van der Waals surface area contributed by atoms with E-state index < -0.39 is 17.7 Å². The summed E-state index contributed by atoms with van der Waals surface area (Å²) in [7, 11) is 2.14. The van der Waals surface area contributed by atoms with Gasteiger partial charge in [0, 0.05) is 43.5 Å². The molecule has 8 aliphatic rings. The van der Waals surface area contributed by atoms with Gasteiger partial charge in [0.05, 0.1) is 24.9 Å². The van der Waals surface area contributed by atoms with Gasteiger partial charge in [-0.3, -0.25) is 9.59 Å². The second-order valence-electron chi connectivity index (χ2n) is 22.6. The summed E-state index contributed by atoms with van der Waals surface area (Å²) in [6.45, 7) is 12.4. The number of carboxylic acids is 1. The summed E-state index contributed by atoms with van der Waals surface area (Å²) in [4.78, 5) is 26.2. The van der Waals surface area contributed by atoms with Crippen LogP contribution in [0.4, 0.5) is 5.69 Å². The van der Waals surface area contributed by atoms with E-state index in [0.29, 0.717) is 37.2 Å². The second-order valence-corrected chi connectivity index (χ2v) is 22.6. The molecule has 9 rings (SSSR count). The molecule has 0 bridgehead atoms.